The van der Waals surface area contributed by atoms with Gasteiger partial charge in [0, 0.05) is 18.3 Å². The molecular formula is C14H20N2O2. The van der Waals surface area contributed by atoms with E-state index in [2.05, 4.69) is 17.6 Å². The summed E-state index contributed by atoms with van der Waals surface area (Å²) < 4.78 is 5.10. The minimum absolute atomic E-state index is 0.0208. The van der Waals surface area contributed by atoms with Crippen molar-refractivity contribution in [2.75, 3.05) is 25.5 Å². The Labute approximate surface area is 108 Å². The quantitative estimate of drug-likeness (QED) is 0.810. The highest BCUT2D eigenvalue weighted by Gasteiger charge is 2.36. The van der Waals surface area contributed by atoms with Crippen LogP contribution in [-0.2, 0) is 4.79 Å². The van der Waals surface area contributed by atoms with Crippen LogP contribution < -0.4 is 15.4 Å². The zero-order chi connectivity index (χ0) is 13.0. The summed E-state index contributed by atoms with van der Waals surface area (Å²) in [7, 11) is 1.61. The number of benzene rings is 1. The Bertz CT molecular complexity index is 428. The molecule has 0 radical (unpaired) electrons. The van der Waals surface area contributed by atoms with Crippen LogP contribution in [0.25, 0.3) is 0 Å². The molecule has 0 aliphatic heterocycles. The molecule has 4 nitrogen and oxygen atoms in total. The smallest absolute Gasteiger partial charge is 0.238 e. The first-order valence-corrected chi connectivity index (χ1v) is 6.26. The van der Waals surface area contributed by atoms with E-state index in [-0.39, 0.29) is 5.91 Å². The summed E-state index contributed by atoms with van der Waals surface area (Å²) in [6, 6.07) is 7.36. The van der Waals surface area contributed by atoms with Gasteiger partial charge in [-0.1, -0.05) is 13.0 Å². The molecule has 98 valence electrons. The van der Waals surface area contributed by atoms with Gasteiger partial charge in [-0.25, -0.2) is 0 Å². The summed E-state index contributed by atoms with van der Waals surface area (Å²) in [6.07, 6.45) is 2.52. The Morgan fingerprint density at radius 1 is 1.44 bits per heavy atom. The normalized spacial score (nSPS) is 16.1. The van der Waals surface area contributed by atoms with Gasteiger partial charge in [-0.15, -0.1) is 0 Å². The highest BCUT2D eigenvalue weighted by molar-refractivity contribution is 5.92. The molecular weight excluding hydrogens is 228 g/mol. The van der Waals surface area contributed by atoms with Gasteiger partial charge in [0.2, 0.25) is 5.91 Å². The van der Waals surface area contributed by atoms with Gasteiger partial charge in [-0.05, 0) is 30.4 Å². The lowest BCUT2D eigenvalue weighted by molar-refractivity contribution is -0.115. The Kier molecular flexibility index (Phi) is 3.87. The van der Waals surface area contributed by atoms with E-state index in [9.17, 15) is 4.79 Å². The number of ether oxygens (including phenoxy) is 1. The van der Waals surface area contributed by atoms with Crippen LogP contribution in [0.3, 0.4) is 0 Å². The molecule has 0 aromatic heterocycles. The van der Waals surface area contributed by atoms with Crippen molar-refractivity contribution < 1.29 is 9.53 Å². The van der Waals surface area contributed by atoms with Crippen molar-refractivity contribution in [2.24, 2.45) is 5.41 Å². The zero-order valence-electron chi connectivity index (χ0n) is 11.0. The molecule has 18 heavy (non-hydrogen) atoms. The van der Waals surface area contributed by atoms with Crippen LogP contribution in [0.2, 0.25) is 0 Å². The maximum absolute atomic E-state index is 11.7. The summed E-state index contributed by atoms with van der Waals surface area (Å²) in [5.74, 6) is 0.721. The van der Waals surface area contributed by atoms with Crippen molar-refractivity contribution in [3.05, 3.63) is 24.3 Å². The number of carbonyl (C=O) groups is 1. The van der Waals surface area contributed by atoms with E-state index >= 15 is 0 Å². The molecule has 1 aliphatic rings. The Hall–Kier alpha value is -1.55. The minimum Gasteiger partial charge on any atom is -0.497 e. The second-order valence-corrected chi connectivity index (χ2v) is 5.19. The molecule has 0 bridgehead atoms. The average Bonchev–Trinajstić information content (AvgIpc) is 3.07. The summed E-state index contributed by atoms with van der Waals surface area (Å²) >= 11 is 0. The van der Waals surface area contributed by atoms with Crippen LogP contribution in [-0.4, -0.2) is 26.1 Å². The number of carbonyl (C=O) groups excluding carboxylic acids is 1. The number of amides is 1. The van der Waals surface area contributed by atoms with Crippen molar-refractivity contribution in [2.45, 2.75) is 19.8 Å². The second-order valence-electron chi connectivity index (χ2n) is 5.19. The number of anilines is 1. The molecule has 0 heterocycles. The molecule has 1 aliphatic carbocycles. The van der Waals surface area contributed by atoms with E-state index in [1.54, 1.807) is 13.2 Å². The predicted octanol–water partition coefficient (Wildman–Crippen LogP) is 2.02. The standard InChI is InChI=1S/C14H20N2O2/c1-14(6-7-14)10-15-9-13(17)16-11-4-3-5-12(8-11)18-2/h3-5,8,15H,6-7,9-10H2,1-2H3,(H,16,17). The lowest BCUT2D eigenvalue weighted by Crippen LogP contribution is -2.31. The molecule has 2 rings (SSSR count). The van der Waals surface area contributed by atoms with Crippen LogP contribution in [0.15, 0.2) is 24.3 Å². The van der Waals surface area contributed by atoms with Crippen molar-refractivity contribution in [3.8, 4) is 5.75 Å². The molecule has 0 saturated heterocycles. The van der Waals surface area contributed by atoms with Crippen molar-refractivity contribution in [1.29, 1.82) is 0 Å². The topological polar surface area (TPSA) is 50.4 Å². The maximum atomic E-state index is 11.7. The lowest BCUT2D eigenvalue weighted by atomic mass is 10.1. The zero-order valence-corrected chi connectivity index (χ0v) is 11.0. The molecule has 1 aromatic rings. The molecule has 0 atom stereocenters. The number of nitrogens with one attached hydrogen (secondary N) is 2. The Morgan fingerprint density at radius 3 is 2.89 bits per heavy atom. The number of rotatable bonds is 6. The van der Waals surface area contributed by atoms with Gasteiger partial charge in [0.05, 0.1) is 13.7 Å². The highest BCUT2D eigenvalue weighted by Crippen LogP contribution is 2.43. The third-order valence-electron chi connectivity index (χ3n) is 3.29. The van der Waals surface area contributed by atoms with E-state index in [1.807, 2.05) is 18.2 Å². The first-order valence-electron chi connectivity index (χ1n) is 6.26. The fourth-order valence-electron chi connectivity index (χ4n) is 1.77. The average molecular weight is 248 g/mol. The van der Waals surface area contributed by atoms with E-state index in [1.165, 1.54) is 12.8 Å². The second kappa shape index (κ2) is 5.40. The van der Waals surface area contributed by atoms with E-state index in [4.69, 9.17) is 4.74 Å². The summed E-state index contributed by atoms with van der Waals surface area (Å²) in [5, 5.41) is 6.04. The van der Waals surface area contributed by atoms with E-state index in [0.717, 1.165) is 18.0 Å². The van der Waals surface area contributed by atoms with Gasteiger partial charge in [0.25, 0.3) is 0 Å². The third-order valence-corrected chi connectivity index (χ3v) is 3.29. The molecule has 1 amide bonds. The van der Waals surface area contributed by atoms with Crippen LogP contribution in [0, 0.1) is 5.41 Å². The van der Waals surface area contributed by atoms with Crippen LogP contribution in [0.1, 0.15) is 19.8 Å². The molecule has 1 fully saturated rings. The van der Waals surface area contributed by atoms with Crippen LogP contribution in [0.4, 0.5) is 5.69 Å². The van der Waals surface area contributed by atoms with E-state index in [0.29, 0.717) is 12.0 Å². The summed E-state index contributed by atoms with van der Waals surface area (Å²) in [6.45, 7) is 3.51. The number of methoxy groups -OCH3 is 1. The van der Waals surface area contributed by atoms with Crippen molar-refractivity contribution >= 4 is 11.6 Å². The van der Waals surface area contributed by atoms with E-state index < -0.39 is 0 Å². The molecule has 2 N–H and O–H groups in total. The van der Waals surface area contributed by atoms with Crippen molar-refractivity contribution in [1.82, 2.24) is 5.32 Å². The van der Waals surface area contributed by atoms with Gasteiger partial charge in [-0.3, -0.25) is 4.79 Å². The fraction of sp³-hybridized carbons (Fsp3) is 0.500. The van der Waals surface area contributed by atoms with Gasteiger partial charge < -0.3 is 15.4 Å². The minimum atomic E-state index is -0.0208. The van der Waals surface area contributed by atoms with Gasteiger partial charge in [-0.2, -0.15) is 0 Å². The van der Waals surface area contributed by atoms with Crippen LogP contribution in [0.5, 0.6) is 5.75 Å². The van der Waals surface area contributed by atoms with Gasteiger partial charge >= 0.3 is 0 Å². The number of hydrogen-bond donors (Lipinski definition) is 2. The van der Waals surface area contributed by atoms with Gasteiger partial charge in [0.1, 0.15) is 5.75 Å². The third kappa shape index (κ3) is 3.74. The monoisotopic (exact) mass is 248 g/mol. The summed E-state index contributed by atoms with van der Waals surface area (Å²) in [4.78, 5) is 11.7. The van der Waals surface area contributed by atoms with Gasteiger partial charge in [0.15, 0.2) is 0 Å². The molecule has 4 heteroatoms. The summed E-state index contributed by atoms with van der Waals surface area (Å²) in [5.41, 5.74) is 1.19. The first kappa shape index (κ1) is 12.9. The molecule has 0 spiro atoms. The molecule has 1 aromatic carbocycles. The van der Waals surface area contributed by atoms with Crippen molar-refractivity contribution in [3.63, 3.8) is 0 Å². The largest absolute Gasteiger partial charge is 0.497 e. The maximum Gasteiger partial charge on any atom is 0.238 e. The number of hydrogen-bond acceptors (Lipinski definition) is 3. The SMILES string of the molecule is COc1cccc(NC(=O)CNCC2(C)CC2)c1. The lowest BCUT2D eigenvalue weighted by Gasteiger charge is -2.10. The Balaban J connectivity index is 1.75. The molecule has 0 unspecified atom stereocenters. The van der Waals surface area contributed by atoms with Crippen LogP contribution >= 0.6 is 0 Å². The fourth-order valence-corrected chi connectivity index (χ4v) is 1.77. The predicted molar refractivity (Wildman–Crippen MR) is 71.8 cm³/mol. The first-order chi connectivity index (χ1) is 8.61. The highest BCUT2D eigenvalue weighted by atomic mass is 16.5. The Morgan fingerprint density at radius 2 is 2.22 bits per heavy atom. The molecule has 1 saturated carbocycles.